The molecule has 2 aromatic carbocycles. The highest BCUT2D eigenvalue weighted by Crippen LogP contribution is 2.34. The van der Waals surface area contributed by atoms with Crippen molar-refractivity contribution in [3.05, 3.63) is 90.5 Å². The van der Waals surface area contributed by atoms with Gasteiger partial charge in [0.05, 0.1) is 16.9 Å². The summed E-state index contributed by atoms with van der Waals surface area (Å²) in [6, 6.07) is 21.0. The molecule has 154 valence electrons. The van der Waals surface area contributed by atoms with Crippen molar-refractivity contribution in [2.24, 2.45) is 0 Å². The van der Waals surface area contributed by atoms with E-state index in [0.717, 1.165) is 61.3 Å². The number of hydrogen-bond donors (Lipinski definition) is 2. The van der Waals surface area contributed by atoms with Crippen LogP contribution < -0.4 is 0 Å². The van der Waals surface area contributed by atoms with Gasteiger partial charge in [-0.25, -0.2) is 9.37 Å². The Labute approximate surface area is 183 Å². The fourth-order valence-corrected chi connectivity index (χ4v) is 4.20. The van der Waals surface area contributed by atoms with Gasteiger partial charge in [0.25, 0.3) is 0 Å². The van der Waals surface area contributed by atoms with Crippen molar-refractivity contribution < 1.29 is 4.39 Å². The third kappa shape index (κ3) is 3.04. The maximum absolute atomic E-state index is 14.1. The highest BCUT2D eigenvalue weighted by molar-refractivity contribution is 6.00. The standard InChI is InChI=1S/C26H18FN5/c1-15-11-17(13-18(27)12-15)19-3-2-4-22-20(19)14-24(29-22)26-25-23(31-32-26)6-5-21(30-25)16-7-9-28-10-8-16/h2-14,29H,1H3,(H,31,32). The fraction of sp³-hybridized carbons (Fsp3) is 0.0385. The molecule has 6 aromatic rings. The van der Waals surface area contributed by atoms with Crippen molar-refractivity contribution in [3.8, 4) is 33.8 Å². The topological polar surface area (TPSA) is 70.2 Å². The first-order chi connectivity index (χ1) is 15.7. The normalized spacial score (nSPS) is 11.4. The summed E-state index contributed by atoms with van der Waals surface area (Å²) >= 11 is 0. The molecule has 4 aromatic heterocycles. The molecule has 0 aliphatic heterocycles. The van der Waals surface area contributed by atoms with Gasteiger partial charge in [0, 0.05) is 28.9 Å². The van der Waals surface area contributed by atoms with E-state index in [1.807, 2.05) is 55.5 Å². The van der Waals surface area contributed by atoms with E-state index in [1.165, 1.54) is 6.07 Å². The van der Waals surface area contributed by atoms with Crippen LogP contribution in [0.4, 0.5) is 4.39 Å². The summed E-state index contributed by atoms with van der Waals surface area (Å²) in [5, 5.41) is 8.62. The van der Waals surface area contributed by atoms with Crippen molar-refractivity contribution in [2.45, 2.75) is 6.92 Å². The summed E-state index contributed by atoms with van der Waals surface area (Å²) in [5.74, 6) is -0.237. The summed E-state index contributed by atoms with van der Waals surface area (Å²) in [5.41, 5.74) is 8.76. The molecule has 0 atom stereocenters. The Morgan fingerprint density at radius 1 is 0.844 bits per heavy atom. The van der Waals surface area contributed by atoms with Crippen molar-refractivity contribution in [3.63, 3.8) is 0 Å². The van der Waals surface area contributed by atoms with Gasteiger partial charge in [-0.05, 0) is 72.1 Å². The molecule has 0 aliphatic carbocycles. The van der Waals surface area contributed by atoms with Gasteiger partial charge in [0.1, 0.15) is 17.0 Å². The minimum absolute atomic E-state index is 0.237. The Hall–Kier alpha value is -4.32. The highest BCUT2D eigenvalue weighted by Gasteiger charge is 2.15. The predicted octanol–water partition coefficient (Wildman–Crippen LogP) is 6.28. The molecule has 0 saturated carbocycles. The first-order valence-electron chi connectivity index (χ1n) is 10.3. The Bertz CT molecular complexity index is 1580. The molecule has 6 heteroatoms. The molecule has 0 saturated heterocycles. The lowest BCUT2D eigenvalue weighted by Crippen LogP contribution is -1.86. The van der Waals surface area contributed by atoms with Gasteiger partial charge in [0.2, 0.25) is 0 Å². The zero-order chi connectivity index (χ0) is 21.7. The third-order valence-corrected chi connectivity index (χ3v) is 5.66. The van der Waals surface area contributed by atoms with E-state index in [2.05, 4.69) is 26.2 Å². The van der Waals surface area contributed by atoms with Crippen molar-refractivity contribution in [2.75, 3.05) is 0 Å². The first-order valence-corrected chi connectivity index (χ1v) is 10.3. The van der Waals surface area contributed by atoms with Crippen LogP contribution in [-0.2, 0) is 0 Å². The fourth-order valence-electron chi connectivity index (χ4n) is 4.20. The van der Waals surface area contributed by atoms with Gasteiger partial charge >= 0.3 is 0 Å². The molecular weight excluding hydrogens is 401 g/mol. The summed E-state index contributed by atoms with van der Waals surface area (Å²) in [7, 11) is 0. The molecule has 0 spiro atoms. The minimum atomic E-state index is -0.237. The number of aromatic nitrogens is 5. The van der Waals surface area contributed by atoms with E-state index < -0.39 is 0 Å². The second-order valence-electron chi connectivity index (χ2n) is 7.87. The zero-order valence-corrected chi connectivity index (χ0v) is 17.2. The maximum Gasteiger partial charge on any atom is 0.135 e. The van der Waals surface area contributed by atoms with Crippen molar-refractivity contribution in [1.29, 1.82) is 0 Å². The SMILES string of the molecule is Cc1cc(F)cc(-c2cccc3[nH]c(-c4n[nH]c5ccc(-c6ccncc6)nc45)cc23)c1. The molecule has 0 bridgehead atoms. The molecule has 0 fully saturated rings. The number of nitrogens with zero attached hydrogens (tertiary/aromatic N) is 3. The lowest BCUT2D eigenvalue weighted by atomic mass is 10.00. The number of aromatic amines is 2. The summed E-state index contributed by atoms with van der Waals surface area (Å²) in [6.07, 6.45) is 3.51. The summed E-state index contributed by atoms with van der Waals surface area (Å²) in [4.78, 5) is 12.4. The van der Waals surface area contributed by atoms with Gasteiger partial charge < -0.3 is 4.98 Å². The van der Waals surface area contributed by atoms with Gasteiger partial charge in [-0.2, -0.15) is 5.10 Å². The molecule has 0 unspecified atom stereocenters. The zero-order valence-electron chi connectivity index (χ0n) is 17.2. The first kappa shape index (κ1) is 18.4. The number of H-pyrrole nitrogens is 2. The van der Waals surface area contributed by atoms with Crippen molar-refractivity contribution >= 4 is 21.9 Å². The lowest BCUT2D eigenvalue weighted by Gasteiger charge is -2.05. The number of fused-ring (bicyclic) bond motifs is 2. The molecule has 0 aliphatic rings. The largest absolute Gasteiger partial charge is 0.353 e. The molecule has 2 N–H and O–H groups in total. The van der Waals surface area contributed by atoms with E-state index in [1.54, 1.807) is 18.5 Å². The number of hydrogen-bond acceptors (Lipinski definition) is 3. The average molecular weight is 419 g/mol. The molecule has 5 nitrogen and oxygen atoms in total. The number of rotatable bonds is 3. The average Bonchev–Trinajstić information content (AvgIpc) is 3.42. The van der Waals surface area contributed by atoms with Gasteiger partial charge in [0.15, 0.2) is 0 Å². The van der Waals surface area contributed by atoms with E-state index in [0.29, 0.717) is 0 Å². The van der Waals surface area contributed by atoms with E-state index >= 15 is 0 Å². The predicted molar refractivity (Wildman–Crippen MR) is 125 cm³/mol. The highest BCUT2D eigenvalue weighted by atomic mass is 19.1. The quantitative estimate of drug-likeness (QED) is 0.354. The van der Waals surface area contributed by atoms with E-state index in [9.17, 15) is 4.39 Å². The Balaban J connectivity index is 1.52. The minimum Gasteiger partial charge on any atom is -0.353 e. The van der Waals surface area contributed by atoms with Crippen LogP contribution in [-0.4, -0.2) is 25.1 Å². The van der Waals surface area contributed by atoms with Crippen LogP contribution in [0.2, 0.25) is 0 Å². The number of benzene rings is 2. The van der Waals surface area contributed by atoms with Gasteiger partial charge in [-0.3, -0.25) is 10.1 Å². The Morgan fingerprint density at radius 2 is 1.72 bits per heavy atom. The molecule has 4 heterocycles. The number of nitrogens with one attached hydrogen (secondary N) is 2. The second kappa shape index (κ2) is 7.13. The number of pyridine rings is 2. The van der Waals surface area contributed by atoms with Crippen LogP contribution in [0.3, 0.4) is 0 Å². The van der Waals surface area contributed by atoms with Gasteiger partial charge in [-0.15, -0.1) is 0 Å². The van der Waals surface area contributed by atoms with Crippen molar-refractivity contribution in [1.82, 2.24) is 25.1 Å². The molecule has 6 rings (SSSR count). The smallest absolute Gasteiger partial charge is 0.135 e. The number of aryl methyl sites for hydroxylation is 1. The van der Waals surface area contributed by atoms with Crippen LogP contribution in [0.25, 0.3) is 55.7 Å². The van der Waals surface area contributed by atoms with Crippen LogP contribution in [0.15, 0.2) is 79.1 Å². The summed E-state index contributed by atoms with van der Waals surface area (Å²) < 4.78 is 14.1. The second-order valence-corrected chi connectivity index (χ2v) is 7.87. The molecule has 0 amide bonds. The monoisotopic (exact) mass is 419 g/mol. The number of halogens is 1. The van der Waals surface area contributed by atoms with E-state index in [-0.39, 0.29) is 5.82 Å². The van der Waals surface area contributed by atoms with Crippen LogP contribution >= 0.6 is 0 Å². The van der Waals surface area contributed by atoms with Gasteiger partial charge in [-0.1, -0.05) is 18.2 Å². The molecule has 32 heavy (non-hydrogen) atoms. The molecular formula is C26H18FN5. The molecule has 0 radical (unpaired) electrons. The van der Waals surface area contributed by atoms with Crippen LogP contribution in [0.5, 0.6) is 0 Å². The maximum atomic E-state index is 14.1. The summed E-state index contributed by atoms with van der Waals surface area (Å²) in [6.45, 7) is 1.90. The lowest BCUT2D eigenvalue weighted by molar-refractivity contribution is 0.627. The Morgan fingerprint density at radius 3 is 2.56 bits per heavy atom. The van der Waals surface area contributed by atoms with Crippen LogP contribution in [0, 0.1) is 12.7 Å². The Kier molecular flexibility index (Phi) is 4.11. The van der Waals surface area contributed by atoms with E-state index in [4.69, 9.17) is 4.98 Å². The van der Waals surface area contributed by atoms with Crippen LogP contribution in [0.1, 0.15) is 5.56 Å². The third-order valence-electron chi connectivity index (χ3n) is 5.66.